The Kier molecular flexibility index (Phi) is 6.18. The third-order valence-electron chi connectivity index (χ3n) is 4.35. The zero-order valence-electron chi connectivity index (χ0n) is 15.5. The van der Waals surface area contributed by atoms with Crippen LogP contribution in [-0.2, 0) is 17.9 Å². The average molecular weight is 379 g/mol. The van der Waals surface area contributed by atoms with Gasteiger partial charge >= 0.3 is 0 Å². The van der Waals surface area contributed by atoms with Gasteiger partial charge in [-0.2, -0.15) is 0 Å². The molecule has 28 heavy (non-hydrogen) atoms. The van der Waals surface area contributed by atoms with E-state index in [4.69, 9.17) is 4.42 Å². The van der Waals surface area contributed by atoms with Crippen LogP contribution in [0.4, 0.5) is 11.4 Å². The fourth-order valence-electron chi connectivity index (χ4n) is 2.98. The Morgan fingerprint density at radius 2 is 1.86 bits per heavy atom. The normalized spacial score (nSPS) is 10.8. The zero-order valence-corrected chi connectivity index (χ0v) is 15.5. The number of rotatable bonds is 8. The number of benzene rings is 2. The van der Waals surface area contributed by atoms with Gasteiger partial charge in [-0.3, -0.25) is 19.8 Å². The van der Waals surface area contributed by atoms with Crippen molar-refractivity contribution >= 4 is 17.3 Å². The van der Waals surface area contributed by atoms with Crippen molar-refractivity contribution in [3.8, 4) is 0 Å². The molecular formula is C21H21N3O4. The van der Waals surface area contributed by atoms with Crippen molar-refractivity contribution in [2.24, 2.45) is 0 Å². The standard InChI is InChI=1S/C21H21N3O4/c1-16-19(10-5-11-20(16)24(26)27)22-21(25)15-23(14-18-9-6-12-28-18)13-17-7-3-2-4-8-17/h2-12H,13-15H2,1H3,(H,22,25). The molecule has 0 spiro atoms. The molecule has 0 unspecified atom stereocenters. The van der Waals surface area contributed by atoms with E-state index in [1.165, 1.54) is 6.07 Å². The number of anilines is 1. The third kappa shape index (κ3) is 5.05. The van der Waals surface area contributed by atoms with E-state index < -0.39 is 4.92 Å². The lowest BCUT2D eigenvalue weighted by atomic mass is 10.1. The van der Waals surface area contributed by atoms with Crippen molar-refractivity contribution in [1.82, 2.24) is 4.90 Å². The number of furan rings is 1. The Balaban J connectivity index is 1.72. The summed E-state index contributed by atoms with van der Waals surface area (Å²) in [7, 11) is 0. The van der Waals surface area contributed by atoms with Crippen LogP contribution >= 0.6 is 0 Å². The van der Waals surface area contributed by atoms with Crippen molar-refractivity contribution in [3.05, 3.63) is 93.9 Å². The summed E-state index contributed by atoms with van der Waals surface area (Å²) in [4.78, 5) is 25.2. The van der Waals surface area contributed by atoms with Crippen LogP contribution in [-0.4, -0.2) is 22.3 Å². The van der Waals surface area contributed by atoms with E-state index in [2.05, 4.69) is 5.32 Å². The Morgan fingerprint density at radius 3 is 2.54 bits per heavy atom. The van der Waals surface area contributed by atoms with Gasteiger partial charge in [-0.15, -0.1) is 0 Å². The molecule has 0 aliphatic heterocycles. The van der Waals surface area contributed by atoms with Gasteiger partial charge in [0.15, 0.2) is 0 Å². The summed E-state index contributed by atoms with van der Waals surface area (Å²) in [5.74, 6) is 0.515. The van der Waals surface area contributed by atoms with Gasteiger partial charge in [0.05, 0.1) is 35.5 Å². The second-order valence-corrected chi connectivity index (χ2v) is 6.47. The SMILES string of the molecule is Cc1c(NC(=O)CN(Cc2ccccc2)Cc2ccco2)cccc1[N+](=O)[O-]. The minimum absolute atomic E-state index is 0.0190. The maximum atomic E-state index is 12.6. The lowest BCUT2D eigenvalue weighted by Crippen LogP contribution is -2.32. The first-order valence-electron chi connectivity index (χ1n) is 8.85. The third-order valence-corrected chi connectivity index (χ3v) is 4.35. The number of nitrogens with zero attached hydrogens (tertiary/aromatic N) is 2. The number of nitrogens with one attached hydrogen (secondary N) is 1. The van der Waals surface area contributed by atoms with E-state index in [-0.39, 0.29) is 18.1 Å². The first kappa shape index (κ1) is 19.3. The Labute approximate surface area is 162 Å². The largest absolute Gasteiger partial charge is 0.468 e. The molecule has 7 nitrogen and oxygen atoms in total. The smallest absolute Gasteiger partial charge is 0.274 e. The predicted molar refractivity (Wildman–Crippen MR) is 106 cm³/mol. The van der Waals surface area contributed by atoms with Crippen LogP contribution < -0.4 is 5.32 Å². The molecule has 0 aliphatic carbocycles. The molecule has 0 saturated heterocycles. The summed E-state index contributed by atoms with van der Waals surface area (Å²) in [6, 6.07) is 18.2. The number of hydrogen-bond acceptors (Lipinski definition) is 5. The molecule has 0 atom stereocenters. The number of carbonyl (C=O) groups excluding carboxylic acids is 1. The summed E-state index contributed by atoms with van der Waals surface area (Å²) in [6.07, 6.45) is 1.60. The van der Waals surface area contributed by atoms with Crippen molar-refractivity contribution in [2.75, 3.05) is 11.9 Å². The number of hydrogen-bond donors (Lipinski definition) is 1. The monoisotopic (exact) mass is 379 g/mol. The second kappa shape index (κ2) is 8.96. The molecule has 0 aliphatic rings. The maximum absolute atomic E-state index is 12.6. The summed E-state index contributed by atoms with van der Waals surface area (Å²) < 4.78 is 5.41. The predicted octanol–water partition coefficient (Wildman–Crippen LogP) is 4.14. The molecule has 3 aromatic rings. The van der Waals surface area contributed by atoms with Crippen LogP contribution in [0.25, 0.3) is 0 Å². The average Bonchev–Trinajstić information content (AvgIpc) is 3.17. The Bertz CT molecular complexity index is 940. The molecule has 7 heteroatoms. The van der Waals surface area contributed by atoms with Gasteiger partial charge in [-0.05, 0) is 30.7 Å². The van der Waals surface area contributed by atoms with E-state index in [0.717, 1.165) is 11.3 Å². The summed E-state index contributed by atoms with van der Waals surface area (Å²) in [5, 5.41) is 13.9. The van der Waals surface area contributed by atoms with Gasteiger partial charge in [0.2, 0.25) is 5.91 Å². The van der Waals surface area contributed by atoms with Crippen LogP contribution in [0.1, 0.15) is 16.9 Å². The van der Waals surface area contributed by atoms with Gasteiger partial charge < -0.3 is 9.73 Å². The number of nitro benzene ring substituents is 1. The fraction of sp³-hybridized carbons (Fsp3) is 0.190. The minimum Gasteiger partial charge on any atom is -0.468 e. The number of carbonyl (C=O) groups is 1. The van der Waals surface area contributed by atoms with Gasteiger partial charge in [0.1, 0.15) is 5.76 Å². The van der Waals surface area contributed by atoms with Crippen molar-refractivity contribution in [3.63, 3.8) is 0 Å². The molecule has 0 radical (unpaired) electrons. The quantitative estimate of drug-likeness (QED) is 0.469. The highest BCUT2D eigenvalue weighted by Gasteiger charge is 2.17. The van der Waals surface area contributed by atoms with Crippen LogP contribution in [0.2, 0.25) is 0 Å². The van der Waals surface area contributed by atoms with Crippen molar-refractivity contribution in [2.45, 2.75) is 20.0 Å². The van der Waals surface area contributed by atoms with Crippen LogP contribution in [0.15, 0.2) is 71.3 Å². The molecular weight excluding hydrogens is 358 g/mol. The molecule has 144 valence electrons. The molecule has 0 fully saturated rings. The second-order valence-electron chi connectivity index (χ2n) is 6.47. The Hall–Kier alpha value is -3.45. The molecule has 1 heterocycles. The van der Waals surface area contributed by atoms with Crippen molar-refractivity contribution < 1.29 is 14.1 Å². The molecule has 1 aromatic heterocycles. The van der Waals surface area contributed by atoms with Gasteiger partial charge in [0, 0.05) is 12.6 Å². The summed E-state index contributed by atoms with van der Waals surface area (Å²) in [5.41, 5.74) is 1.93. The highest BCUT2D eigenvalue weighted by molar-refractivity contribution is 5.93. The number of amides is 1. The fourth-order valence-corrected chi connectivity index (χ4v) is 2.98. The maximum Gasteiger partial charge on any atom is 0.274 e. The van der Waals surface area contributed by atoms with Crippen molar-refractivity contribution in [1.29, 1.82) is 0 Å². The summed E-state index contributed by atoms with van der Waals surface area (Å²) in [6.45, 7) is 2.79. The topological polar surface area (TPSA) is 88.6 Å². The molecule has 1 N–H and O–H groups in total. The van der Waals surface area contributed by atoms with E-state index >= 15 is 0 Å². The lowest BCUT2D eigenvalue weighted by Gasteiger charge is -2.21. The van der Waals surface area contributed by atoms with E-state index in [9.17, 15) is 14.9 Å². The highest BCUT2D eigenvalue weighted by Crippen LogP contribution is 2.25. The van der Waals surface area contributed by atoms with E-state index in [0.29, 0.717) is 24.3 Å². The van der Waals surface area contributed by atoms with Crippen LogP contribution in [0.3, 0.4) is 0 Å². The highest BCUT2D eigenvalue weighted by atomic mass is 16.6. The minimum atomic E-state index is -0.455. The summed E-state index contributed by atoms with van der Waals surface area (Å²) >= 11 is 0. The molecule has 0 bridgehead atoms. The van der Waals surface area contributed by atoms with Gasteiger partial charge in [0.25, 0.3) is 5.69 Å². The van der Waals surface area contributed by atoms with Gasteiger partial charge in [-0.25, -0.2) is 0 Å². The molecule has 0 saturated carbocycles. The number of nitro groups is 1. The van der Waals surface area contributed by atoms with Gasteiger partial charge in [-0.1, -0.05) is 36.4 Å². The lowest BCUT2D eigenvalue weighted by molar-refractivity contribution is -0.385. The van der Waals surface area contributed by atoms with E-state index in [1.807, 2.05) is 47.4 Å². The first-order valence-corrected chi connectivity index (χ1v) is 8.85. The molecule has 1 amide bonds. The van der Waals surface area contributed by atoms with Crippen LogP contribution in [0, 0.1) is 17.0 Å². The Morgan fingerprint density at radius 1 is 1.07 bits per heavy atom. The van der Waals surface area contributed by atoms with Crippen LogP contribution in [0.5, 0.6) is 0 Å². The molecule has 2 aromatic carbocycles. The first-order chi connectivity index (χ1) is 13.5. The van der Waals surface area contributed by atoms with E-state index in [1.54, 1.807) is 25.3 Å². The molecule has 3 rings (SSSR count). The zero-order chi connectivity index (χ0) is 19.9.